The number of aromatic nitrogens is 3. The molecule has 1 unspecified atom stereocenters. The first-order valence-electron chi connectivity index (χ1n) is 4.25. The van der Waals surface area contributed by atoms with E-state index in [1.807, 2.05) is 24.7 Å². The van der Waals surface area contributed by atoms with Gasteiger partial charge in [-0.05, 0) is 23.2 Å². The van der Waals surface area contributed by atoms with Gasteiger partial charge in [-0.25, -0.2) is 0 Å². The van der Waals surface area contributed by atoms with E-state index in [4.69, 9.17) is 0 Å². The van der Waals surface area contributed by atoms with Crippen LogP contribution >= 0.6 is 11.3 Å². The molecule has 5 heteroatoms. The van der Waals surface area contributed by atoms with Crippen LogP contribution in [0.1, 0.15) is 23.1 Å². The van der Waals surface area contributed by atoms with E-state index < -0.39 is 6.10 Å². The molecule has 14 heavy (non-hydrogen) atoms. The van der Waals surface area contributed by atoms with Crippen molar-refractivity contribution in [2.75, 3.05) is 0 Å². The molecule has 4 nitrogen and oxygen atoms in total. The van der Waals surface area contributed by atoms with Gasteiger partial charge >= 0.3 is 0 Å². The zero-order valence-corrected chi connectivity index (χ0v) is 8.82. The number of aliphatic hydroxyl groups is 1. The summed E-state index contributed by atoms with van der Waals surface area (Å²) in [5.41, 5.74) is 2.00. The molecule has 0 saturated carbocycles. The molecule has 0 aromatic carbocycles. The van der Waals surface area contributed by atoms with Crippen molar-refractivity contribution >= 4 is 11.3 Å². The Bertz CT molecular complexity index is 394. The van der Waals surface area contributed by atoms with Crippen LogP contribution in [0.3, 0.4) is 0 Å². The molecular weight excluding hydrogens is 198 g/mol. The standard InChI is InChI=1S/C9H11N3OS/c1-6-3-14-4-7(6)8(13)9-11-10-5-12(9)2/h3-5,8,13H,1-2H3. The largest absolute Gasteiger partial charge is 0.380 e. The molecule has 0 radical (unpaired) electrons. The second-order valence-corrected chi connectivity index (χ2v) is 3.96. The quantitative estimate of drug-likeness (QED) is 0.810. The van der Waals surface area contributed by atoms with Crippen molar-refractivity contribution in [1.82, 2.24) is 14.8 Å². The van der Waals surface area contributed by atoms with Gasteiger partial charge in [0.05, 0.1) is 0 Å². The van der Waals surface area contributed by atoms with E-state index in [0.29, 0.717) is 5.82 Å². The fourth-order valence-corrected chi connectivity index (χ4v) is 2.20. The summed E-state index contributed by atoms with van der Waals surface area (Å²) in [5, 5.41) is 21.6. The van der Waals surface area contributed by atoms with E-state index in [0.717, 1.165) is 11.1 Å². The Kier molecular flexibility index (Phi) is 2.35. The number of aliphatic hydroxyl groups excluding tert-OH is 1. The third kappa shape index (κ3) is 1.44. The number of nitrogens with zero attached hydrogens (tertiary/aromatic N) is 3. The number of thiophene rings is 1. The van der Waals surface area contributed by atoms with E-state index in [9.17, 15) is 5.11 Å². The third-order valence-electron chi connectivity index (χ3n) is 2.18. The molecule has 0 aliphatic rings. The smallest absolute Gasteiger partial charge is 0.166 e. The highest BCUT2D eigenvalue weighted by atomic mass is 32.1. The second kappa shape index (κ2) is 3.51. The average molecular weight is 209 g/mol. The summed E-state index contributed by atoms with van der Waals surface area (Å²) in [6.45, 7) is 1.98. The highest BCUT2D eigenvalue weighted by molar-refractivity contribution is 7.08. The lowest BCUT2D eigenvalue weighted by molar-refractivity contribution is 0.205. The topological polar surface area (TPSA) is 50.9 Å². The number of rotatable bonds is 2. The highest BCUT2D eigenvalue weighted by Crippen LogP contribution is 2.25. The molecule has 0 fully saturated rings. The predicted molar refractivity (Wildman–Crippen MR) is 54.1 cm³/mol. The number of hydrogen-bond acceptors (Lipinski definition) is 4. The Morgan fingerprint density at radius 1 is 1.50 bits per heavy atom. The summed E-state index contributed by atoms with van der Waals surface area (Å²) >= 11 is 1.58. The van der Waals surface area contributed by atoms with E-state index in [2.05, 4.69) is 10.2 Å². The SMILES string of the molecule is Cc1cscc1C(O)c1nncn1C. The van der Waals surface area contributed by atoms with Crippen molar-refractivity contribution in [3.05, 3.63) is 34.0 Å². The number of aryl methyl sites for hydroxylation is 2. The minimum absolute atomic E-state index is 0.575. The summed E-state index contributed by atoms with van der Waals surface area (Å²) in [4.78, 5) is 0. The summed E-state index contributed by atoms with van der Waals surface area (Å²) in [6.07, 6.45) is 0.911. The normalized spacial score (nSPS) is 13.1. The van der Waals surface area contributed by atoms with E-state index >= 15 is 0 Å². The van der Waals surface area contributed by atoms with Gasteiger partial charge in [0, 0.05) is 12.6 Å². The van der Waals surface area contributed by atoms with Gasteiger partial charge in [-0.1, -0.05) is 0 Å². The van der Waals surface area contributed by atoms with Crippen LogP contribution in [0, 0.1) is 6.92 Å². The van der Waals surface area contributed by atoms with Gasteiger partial charge in [0.1, 0.15) is 12.4 Å². The molecule has 0 bridgehead atoms. The molecular formula is C9H11N3OS. The van der Waals surface area contributed by atoms with Crippen molar-refractivity contribution in [2.24, 2.45) is 7.05 Å². The van der Waals surface area contributed by atoms with Crippen LogP contribution in [0.4, 0.5) is 0 Å². The lowest BCUT2D eigenvalue weighted by Crippen LogP contribution is -2.06. The second-order valence-electron chi connectivity index (χ2n) is 3.21. The molecule has 0 spiro atoms. The summed E-state index contributed by atoms with van der Waals surface area (Å²) < 4.78 is 1.72. The van der Waals surface area contributed by atoms with Gasteiger partial charge < -0.3 is 9.67 Å². The fourth-order valence-electron chi connectivity index (χ4n) is 1.33. The van der Waals surface area contributed by atoms with Crippen LogP contribution in [0.15, 0.2) is 17.1 Å². The minimum Gasteiger partial charge on any atom is -0.380 e. The Morgan fingerprint density at radius 2 is 2.29 bits per heavy atom. The molecule has 1 atom stereocenters. The Balaban J connectivity index is 2.38. The molecule has 0 aliphatic heterocycles. The lowest BCUT2D eigenvalue weighted by Gasteiger charge is -2.08. The molecule has 2 aromatic heterocycles. The minimum atomic E-state index is -0.672. The predicted octanol–water partition coefficient (Wildman–Crippen LogP) is 1.27. The van der Waals surface area contributed by atoms with Crippen molar-refractivity contribution < 1.29 is 5.11 Å². The summed E-state index contributed by atoms with van der Waals surface area (Å²) in [5.74, 6) is 0.575. The summed E-state index contributed by atoms with van der Waals surface area (Å²) in [6, 6.07) is 0. The Hall–Kier alpha value is -1.20. The maximum Gasteiger partial charge on any atom is 0.166 e. The van der Waals surface area contributed by atoms with E-state index in [1.165, 1.54) is 0 Å². The average Bonchev–Trinajstić information content (AvgIpc) is 2.73. The zero-order chi connectivity index (χ0) is 10.1. The third-order valence-corrected chi connectivity index (χ3v) is 3.06. The first kappa shape index (κ1) is 9.36. The zero-order valence-electron chi connectivity index (χ0n) is 8.01. The molecule has 2 aromatic rings. The van der Waals surface area contributed by atoms with Crippen LogP contribution in [-0.4, -0.2) is 19.9 Å². The highest BCUT2D eigenvalue weighted by Gasteiger charge is 2.17. The molecule has 1 N–H and O–H groups in total. The van der Waals surface area contributed by atoms with Crippen molar-refractivity contribution in [1.29, 1.82) is 0 Å². The maximum absolute atomic E-state index is 10.0. The fraction of sp³-hybridized carbons (Fsp3) is 0.333. The maximum atomic E-state index is 10.0. The van der Waals surface area contributed by atoms with Crippen LogP contribution in [0.25, 0.3) is 0 Å². The first-order valence-corrected chi connectivity index (χ1v) is 5.19. The molecule has 0 aliphatic carbocycles. The van der Waals surface area contributed by atoms with Crippen LogP contribution in [0.2, 0.25) is 0 Å². The molecule has 74 valence electrons. The first-order chi connectivity index (χ1) is 6.70. The van der Waals surface area contributed by atoms with Crippen molar-refractivity contribution in [2.45, 2.75) is 13.0 Å². The number of hydrogen-bond donors (Lipinski definition) is 1. The molecule has 0 saturated heterocycles. The molecule has 2 heterocycles. The van der Waals surface area contributed by atoms with E-state index in [-0.39, 0.29) is 0 Å². The molecule has 0 amide bonds. The van der Waals surface area contributed by atoms with E-state index in [1.54, 1.807) is 22.2 Å². The monoisotopic (exact) mass is 209 g/mol. The van der Waals surface area contributed by atoms with Gasteiger partial charge in [0.2, 0.25) is 0 Å². The Labute approximate surface area is 85.8 Å². The van der Waals surface area contributed by atoms with Crippen LogP contribution in [-0.2, 0) is 7.05 Å². The van der Waals surface area contributed by atoms with Gasteiger partial charge in [-0.2, -0.15) is 11.3 Å². The Morgan fingerprint density at radius 3 is 2.79 bits per heavy atom. The van der Waals surface area contributed by atoms with Crippen LogP contribution in [0.5, 0.6) is 0 Å². The lowest BCUT2D eigenvalue weighted by atomic mass is 10.1. The molecule has 2 rings (SSSR count). The van der Waals surface area contributed by atoms with Crippen molar-refractivity contribution in [3.8, 4) is 0 Å². The summed E-state index contributed by atoms with van der Waals surface area (Å²) in [7, 11) is 1.82. The van der Waals surface area contributed by atoms with Gasteiger partial charge in [0.25, 0.3) is 0 Å². The van der Waals surface area contributed by atoms with Crippen LogP contribution < -0.4 is 0 Å². The van der Waals surface area contributed by atoms with Gasteiger partial charge in [-0.15, -0.1) is 10.2 Å². The van der Waals surface area contributed by atoms with Gasteiger partial charge in [0.15, 0.2) is 5.82 Å². The van der Waals surface area contributed by atoms with Crippen molar-refractivity contribution in [3.63, 3.8) is 0 Å². The van der Waals surface area contributed by atoms with Gasteiger partial charge in [-0.3, -0.25) is 0 Å².